The van der Waals surface area contributed by atoms with Crippen LogP contribution in [0.25, 0.3) is 0 Å². The number of ether oxygens (including phenoxy) is 6. The van der Waals surface area contributed by atoms with E-state index in [4.69, 9.17) is 28.4 Å². The van der Waals surface area contributed by atoms with E-state index in [1.807, 2.05) is 0 Å². The Balaban J connectivity index is 2.14. The molecular weight excluding hydrogens is 682 g/mol. The highest BCUT2D eigenvalue weighted by Gasteiger charge is 2.65. The smallest absolute Gasteiger partial charge is 0.413 e. The summed E-state index contributed by atoms with van der Waals surface area (Å²) in [6, 6.07) is -1.56. The summed E-state index contributed by atoms with van der Waals surface area (Å²) in [7, 11) is 0.726. The SMILES string of the molecule is COC(=O)/C(=C\[C@H]1CC[C@](C(=O)OC)([C@@H](O)[C@@H]2COC3(CCCCC3)N2C(=O)OC(C)(C)C)N1C(=O)OC(C)(C)C)NC(=O)OCC[Si](C)(C)C. The van der Waals surface area contributed by atoms with E-state index in [-0.39, 0.29) is 31.8 Å². The summed E-state index contributed by atoms with van der Waals surface area (Å²) >= 11 is 0. The fourth-order valence-electron chi connectivity index (χ4n) is 6.87. The molecule has 2 aliphatic heterocycles. The molecule has 0 aromatic carbocycles. The number of amides is 3. The summed E-state index contributed by atoms with van der Waals surface area (Å²) < 4.78 is 33.5. The summed E-state index contributed by atoms with van der Waals surface area (Å²) in [6.07, 6.45) is 0.180. The van der Waals surface area contributed by atoms with Crippen molar-refractivity contribution in [2.45, 2.75) is 153 Å². The molecule has 0 unspecified atom stereocenters. The maximum Gasteiger partial charge on any atom is 0.413 e. The number of hydrogen-bond donors (Lipinski definition) is 2. The summed E-state index contributed by atoms with van der Waals surface area (Å²) in [5.41, 5.74) is -5.49. The normalized spacial score (nSPS) is 24.5. The standard InChI is InChI=1S/C35H59N3O12Si/c1-32(2,3)49-30(43)37-23(21-24(27(40)45-7)36-29(42)47-19-20-51(9,10)11)15-18-35(37,28(41)46-8)26(39)25-22-48-34(16-13-12-14-17-34)38(25)31(44)50-33(4,5)6/h21,23,25-26,39H,12-20,22H2,1-11H3,(H,36,42)/b24-21+/t23-,25+,26+,35-/m1/s1. The molecule has 4 atom stereocenters. The van der Waals surface area contributed by atoms with E-state index in [1.165, 1.54) is 11.0 Å². The van der Waals surface area contributed by atoms with Crippen molar-refractivity contribution in [1.82, 2.24) is 15.1 Å². The molecule has 2 N–H and O–H groups in total. The van der Waals surface area contributed by atoms with Gasteiger partial charge in [0, 0.05) is 8.07 Å². The van der Waals surface area contributed by atoms with E-state index in [1.54, 1.807) is 41.5 Å². The van der Waals surface area contributed by atoms with Gasteiger partial charge in [0.15, 0.2) is 5.54 Å². The van der Waals surface area contributed by atoms with Gasteiger partial charge in [-0.2, -0.15) is 0 Å². The van der Waals surface area contributed by atoms with Gasteiger partial charge in [0.1, 0.15) is 28.7 Å². The van der Waals surface area contributed by atoms with Crippen molar-refractivity contribution >= 4 is 38.3 Å². The van der Waals surface area contributed by atoms with Crippen LogP contribution in [0.4, 0.5) is 14.4 Å². The number of carbonyl (C=O) groups is 5. The number of hydrogen-bond acceptors (Lipinski definition) is 12. The van der Waals surface area contributed by atoms with E-state index in [0.717, 1.165) is 38.4 Å². The van der Waals surface area contributed by atoms with E-state index in [2.05, 4.69) is 25.0 Å². The van der Waals surface area contributed by atoms with Gasteiger partial charge in [-0.25, -0.2) is 24.0 Å². The second-order valence-electron chi connectivity index (χ2n) is 16.7. The van der Waals surface area contributed by atoms with Crippen LogP contribution in [0, 0.1) is 0 Å². The van der Waals surface area contributed by atoms with E-state index < -0.39 is 78.9 Å². The number of aliphatic hydroxyl groups is 1. The minimum atomic E-state index is -2.13. The first-order valence-corrected chi connectivity index (χ1v) is 21.4. The number of esters is 2. The first-order chi connectivity index (χ1) is 23.5. The Labute approximate surface area is 302 Å². The van der Waals surface area contributed by atoms with Crippen LogP contribution in [-0.4, -0.2) is 121 Å². The van der Waals surface area contributed by atoms with Crippen LogP contribution < -0.4 is 5.32 Å². The van der Waals surface area contributed by atoms with Crippen molar-refractivity contribution < 1.29 is 57.5 Å². The Morgan fingerprint density at radius 1 is 0.902 bits per heavy atom. The van der Waals surface area contributed by atoms with Crippen LogP contribution in [0.1, 0.15) is 86.5 Å². The number of methoxy groups -OCH3 is 2. The van der Waals surface area contributed by atoms with Gasteiger partial charge in [0.05, 0.1) is 39.5 Å². The van der Waals surface area contributed by atoms with Crippen LogP contribution >= 0.6 is 0 Å². The topological polar surface area (TPSA) is 179 Å². The van der Waals surface area contributed by atoms with Crippen molar-refractivity contribution in [2.24, 2.45) is 0 Å². The molecule has 0 bridgehead atoms. The molecule has 3 rings (SSSR count). The predicted molar refractivity (Wildman–Crippen MR) is 188 cm³/mol. The molecule has 0 aromatic rings. The van der Waals surface area contributed by atoms with Crippen LogP contribution in [0.5, 0.6) is 0 Å². The number of rotatable bonds is 9. The number of likely N-dealkylation sites (tertiary alicyclic amines) is 1. The number of alkyl carbamates (subject to hydrolysis) is 1. The molecule has 3 fully saturated rings. The molecule has 1 aliphatic carbocycles. The van der Waals surface area contributed by atoms with E-state index >= 15 is 0 Å². The summed E-state index contributed by atoms with van der Waals surface area (Å²) in [4.78, 5) is 70.4. The van der Waals surface area contributed by atoms with Crippen molar-refractivity contribution in [1.29, 1.82) is 0 Å². The van der Waals surface area contributed by atoms with Gasteiger partial charge in [-0.05, 0) is 92.2 Å². The zero-order valence-electron chi connectivity index (χ0n) is 32.2. The van der Waals surface area contributed by atoms with E-state index in [9.17, 15) is 29.1 Å². The first-order valence-electron chi connectivity index (χ1n) is 17.7. The fourth-order valence-corrected chi connectivity index (χ4v) is 7.58. The maximum atomic E-state index is 14.2. The zero-order valence-corrected chi connectivity index (χ0v) is 33.2. The fraction of sp³-hybridized carbons (Fsp3) is 0.800. The van der Waals surface area contributed by atoms with Crippen molar-refractivity contribution in [2.75, 3.05) is 27.4 Å². The molecule has 3 aliphatic rings. The monoisotopic (exact) mass is 741 g/mol. The molecule has 2 saturated heterocycles. The third kappa shape index (κ3) is 10.2. The van der Waals surface area contributed by atoms with Crippen molar-refractivity contribution in [3.63, 3.8) is 0 Å². The van der Waals surface area contributed by atoms with Crippen LogP contribution in [0.2, 0.25) is 25.7 Å². The van der Waals surface area contributed by atoms with Crippen LogP contribution in [-0.2, 0) is 38.0 Å². The van der Waals surface area contributed by atoms with Crippen LogP contribution in [0.3, 0.4) is 0 Å². The zero-order chi connectivity index (χ0) is 38.6. The Hall–Kier alpha value is -3.37. The minimum absolute atomic E-state index is 0.0173. The highest BCUT2D eigenvalue weighted by Crippen LogP contribution is 2.47. The largest absolute Gasteiger partial charge is 0.467 e. The lowest BCUT2D eigenvalue weighted by Gasteiger charge is -2.47. The van der Waals surface area contributed by atoms with Gasteiger partial charge in [0.25, 0.3) is 0 Å². The molecule has 1 saturated carbocycles. The number of carbonyl (C=O) groups excluding carboxylic acids is 5. The summed E-state index contributed by atoms with van der Waals surface area (Å²) in [5, 5.41) is 14.9. The lowest BCUT2D eigenvalue weighted by atomic mass is 9.83. The molecule has 290 valence electrons. The third-order valence-electron chi connectivity index (χ3n) is 9.17. The molecule has 51 heavy (non-hydrogen) atoms. The molecule has 0 radical (unpaired) electrons. The van der Waals surface area contributed by atoms with E-state index in [0.29, 0.717) is 18.9 Å². The summed E-state index contributed by atoms with van der Waals surface area (Å²) in [5.74, 6) is -1.90. The minimum Gasteiger partial charge on any atom is -0.467 e. The van der Waals surface area contributed by atoms with Gasteiger partial charge in [-0.3, -0.25) is 15.1 Å². The second kappa shape index (κ2) is 16.1. The third-order valence-corrected chi connectivity index (χ3v) is 10.9. The molecule has 0 aromatic heterocycles. The Kier molecular flexibility index (Phi) is 13.3. The number of aliphatic hydroxyl groups excluding tert-OH is 1. The number of nitrogens with zero attached hydrogens (tertiary/aromatic N) is 2. The molecule has 3 amide bonds. The van der Waals surface area contributed by atoms with Gasteiger partial charge >= 0.3 is 30.2 Å². The van der Waals surface area contributed by atoms with Gasteiger partial charge in [-0.1, -0.05) is 26.1 Å². The first kappa shape index (κ1) is 42.0. The lowest BCUT2D eigenvalue weighted by Crippen LogP contribution is -2.69. The predicted octanol–water partition coefficient (Wildman–Crippen LogP) is 5.08. The molecule has 16 heteroatoms. The molecular formula is C35H59N3O12Si. The Bertz CT molecular complexity index is 1330. The average molecular weight is 742 g/mol. The van der Waals surface area contributed by atoms with Gasteiger partial charge in [-0.15, -0.1) is 0 Å². The Morgan fingerprint density at radius 3 is 1.98 bits per heavy atom. The van der Waals surface area contributed by atoms with Crippen molar-refractivity contribution in [3.8, 4) is 0 Å². The highest BCUT2D eigenvalue weighted by atomic mass is 28.3. The molecule has 15 nitrogen and oxygen atoms in total. The lowest BCUT2D eigenvalue weighted by molar-refractivity contribution is -0.166. The average Bonchev–Trinajstić information content (AvgIpc) is 3.57. The van der Waals surface area contributed by atoms with Gasteiger partial charge in [0.2, 0.25) is 0 Å². The van der Waals surface area contributed by atoms with Crippen molar-refractivity contribution in [3.05, 3.63) is 11.8 Å². The molecule has 2 heterocycles. The highest BCUT2D eigenvalue weighted by molar-refractivity contribution is 6.76. The van der Waals surface area contributed by atoms with Crippen LogP contribution in [0.15, 0.2) is 11.8 Å². The quantitative estimate of drug-likeness (QED) is 0.139. The number of nitrogens with one attached hydrogen (secondary N) is 1. The maximum absolute atomic E-state index is 14.2. The Morgan fingerprint density at radius 2 is 1.47 bits per heavy atom. The summed E-state index contributed by atoms with van der Waals surface area (Å²) in [6.45, 7) is 16.5. The second-order valence-corrected chi connectivity index (χ2v) is 22.3. The van der Waals surface area contributed by atoms with Gasteiger partial charge < -0.3 is 33.5 Å². The molecule has 1 spiro atoms.